The molecule has 0 radical (unpaired) electrons. The van der Waals surface area contributed by atoms with Crippen LogP contribution in [0.25, 0.3) is 0 Å². The Hall–Kier alpha value is -1.72. The summed E-state index contributed by atoms with van der Waals surface area (Å²) in [5.74, 6) is -0.500. The first-order valence-corrected chi connectivity index (χ1v) is 7.70. The fourth-order valence-electron chi connectivity index (χ4n) is 1.93. The average molecular weight is 294 g/mol. The Balaban J connectivity index is 2.32. The smallest absolute Gasteiger partial charge is 0.183 e. The summed E-state index contributed by atoms with van der Waals surface area (Å²) in [6.45, 7) is 1.44. The topological polar surface area (TPSA) is 54.4 Å². The number of hydrogen-bond donors (Lipinski definition) is 1. The summed E-state index contributed by atoms with van der Waals surface area (Å²) in [5, 5.41) is 9.17. The van der Waals surface area contributed by atoms with E-state index in [1.54, 1.807) is 30.3 Å². The Labute approximate surface area is 117 Å². The number of aliphatic hydroxyl groups excluding tert-OH is 1. The minimum absolute atomic E-state index is 0.00128. The van der Waals surface area contributed by atoms with Crippen molar-refractivity contribution in [1.82, 2.24) is 0 Å². The summed E-state index contributed by atoms with van der Waals surface area (Å²) in [7, 11) is -3.72. The summed E-state index contributed by atoms with van der Waals surface area (Å²) >= 11 is 0. The maximum atomic E-state index is 12.9. The first-order chi connectivity index (χ1) is 9.43. The highest BCUT2D eigenvalue weighted by molar-refractivity contribution is 7.92. The van der Waals surface area contributed by atoms with Crippen LogP contribution in [0.15, 0.2) is 59.5 Å². The highest BCUT2D eigenvalue weighted by Gasteiger charge is 2.30. The lowest BCUT2D eigenvalue weighted by Crippen LogP contribution is -2.25. The van der Waals surface area contributed by atoms with Gasteiger partial charge in [-0.1, -0.05) is 30.3 Å². The predicted octanol–water partition coefficient (Wildman–Crippen LogP) is 2.72. The molecule has 2 rings (SSSR count). The van der Waals surface area contributed by atoms with Gasteiger partial charge < -0.3 is 5.11 Å². The number of halogens is 1. The fourth-order valence-corrected chi connectivity index (χ4v) is 3.37. The van der Waals surface area contributed by atoms with E-state index in [4.69, 9.17) is 0 Å². The van der Waals surface area contributed by atoms with Crippen molar-refractivity contribution in [2.45, 2.75) is 23.2 Å². The highest BCUT2D eigenvalue weighted by atomic mass is 32.2. The normalized spacial score (nSPS) is 14.8. The second-order valence-electron chi connectivity index (χ2n) is 4.56. The van der Waals surface area contributed by atoms with E-state index < -0.39 is 27.0 Å². The van der Waals surface area contributed by atoms with Gasteiger partial charge in [0, 0.05) is 0 Å². The van der Waals surface area contributed by atoms with E-state index in [1.807, 2.05) is 0 Å². The molecule has 0 spiro atoms. The van der Waals surface area contributed by atoms with Crippen LogP contribution in [-0.2, 0) is 9.84 Å². The van der Waals surface area contributed by atoms with Crippen molar-refractivity contribution < 1.29 is 17.9 Å². The fraction of sp³-hybridized carbons (Fsp3) is 0.200. The molecule has 0 saturated heterocycles. The molecule has 0 fully saturated rings. The zero-order valence-electron chi connectivity index (χ0n) is 10.9. The lowest BCUT2D eigenvalue weighted by molar-refractivity contribution is 0.176. The first-order valence-electron chi connectivity index (χ1n) is 6.15. The summed E-state index contributed by atoms with van der Waals surface area (Å²) in [4.78, 5) is 0.00128. The summed E-state index contributed by atoms with van der Waals surface area (Å²) in [6, 6.07) is 13.2. The van der Waals surface area contributed by atoms with Gasteiger partial charge in [-0.2, -0.15) is 0 Å². The molecule has 0 aliphatic heterocycles. The van der Waals surface area contributed by atoms with Crippen LogP contribution in [0.5, 0.6) is 0 Å². The lowest BCUT2D eigenvalue weighted by atomic mass is 10.1. The molecule has 0 aliphatic rings. The van der Waals surface area contributed by atoms with Gasteiger partial charge in [0.1, 0.15) is 5.82 Å². The number of sulfone groups is 1. The van der Waals surface area contributed by atoms with Crippen LogP contribution in [0.3, 0.4) is 0 Å². The molecule has 2 atom stereocenters. The first kappa shape index (κ1) is 14.7. The van der Waals surface area contributed by atoms with E-state index in [-0.39, 0.29) is 4.90 Å². The molecule has 0 aromatic heterocycles. The molecule has 106 valence electrons. The molecular weight excluding hydrogens is 279 g/mol. The van der Waals surface area contributed by atoms with E-state index in [9.17, 15) is 17.9 Å². The lowest BCUT2D eigenvalue weighted by Gasteiger charge is -2.19. The average Bonchev–Trinajstić information content (AvgIpc) is 2.47. The maximum Gasteiger partial charge on any atom is 0.183 e. The van der Waals surface area contributed by atoms with Crippen LogP contribution in [0, 0.1) is 5.82 Å². The monoisotopic (exact) mass is 294 g/mol. The van der Waals surface area contributed by atoms with Crippen LogP contribution in [-0.4, -0.2) is 18.8 Å². The van der Waals surface area contributed by atoms with Crippen molar-refractivity contribution in [3.63, 3.8) is 0 Å². The molecule has 3 nitrogen and oxygen atoms in total. The number of hydrogen-bond acceptors (Lipinski definition) is 3. The Bertz CT molecular complexity index is 666. The van der Waals surface area contributed by atoms with E-state index in [1.165, 1.54) is 19.1 Å². The van der Waals surface area contributed by atoms with Crippen molar-refractivity contribution in [1.29, 1.82) is 0 Å². The molecule has 20 heavy (non-hydrogen) atoms. The zero-order chi connectivity index (χ0) is 14.8. The summed E-state index contributed by atoms with van der Waals surface area (Å²) < 4.78 is 37.6. The third kappa shape index (κ3) is 2.89. The molecule has 0 bridgehead atoms. The number of aliphatic hydroxyl groups is 1. The van der Waals surface area contributed by atoms with Crippen LogP contribution in [0.4, 0.5) is 4.39 Å². The molecule has 0 heterocycles. The van der Waals surface area contributed by atoms with Crippen molar-refractivity contribution in [3.05, 3.63) is 66.0 Å². The van der Waals surface area contributed by atoms with E-state index in [0.717, 1.165) is 12.1 Å². The van der Waals surface area contributed by atoms with Gasteiger partial charge in [0.15, 0.2) is 9.84 Å². The quantitative estimate of drug-likeness (QED) is 0.882. The van der Waals surface area contributed by atoms with E-state index >= 15 is 0 Å². The maximum absolute atomic E-state index is 12.9. The van der Waals surface area contributed by atoms with Crippen LogP contribution < -0.4 is 0 Å². The van der Waals surface area contributed by atoms with E-state index in [0.29, 0.717) is 5.56 Å². The van der Waals surface area contributed by atoms with Gasteiger partial charge in [-0.05, 0) is 36.8 Å². The van der Waals surface area contributed by atoms with Gasteiger partial charge in [0.2, 0.25) is 0 Å². The Morgan fingerprint density at radius 1 is 1.00 bits per heavy atom. The second kappa shape index (κ2) is 5.73. The summed E-state index contributed by atoms with van der Waals surface area (Å²) in [6.07, 6.45) is -1.13. The standard InChI is InChI=1S/C15H15FO3S/c1-11(15(17)12-5-3-2-4-6-12)20(18,19)14-9-7-13(16)8-10-14/h2-11,15,17H,1H3. The zero-order valence-corrected chi connectivity index (χ0v) is 11.7. The van der Waals surface area contributed by atoms with Gasteiger partial charge in [-0.25, -0.2) is 12.8 Å². The van der Waals surface area contributed by atoms with Crippen LogP contribution in [0.2, 0.25) is 0 Å². The molecule has 0 aliphatic carbocycles. The van der Waals surface area contributed by atoms with Crippen molar-refractivity contribution >= 4 is 9.84 Å². The predicted molar refractivity (Wildman–Crippen MR) is 74.4 cm³/mol. The molecule has 2 aromatic rings. The van der Waals surface area contributed by atoms with Gasteiger partial charge in [-0.15, -0.1) is 0 Å². The van der Waals surface area contributed by atoms with Crippen molar-refractivity contribution in [2.75, 3.05) is 0 Å². The molecule has 5 heteroatoms. The second-order valence-corrected chi connectivity index (χ2v) is 6.86. The Morgan fingerprint density at radius 2 is 1.55 bits per heavy atom. The van der Waals surface area contributed by atoms with Crippen LogP contribution >= 0.6 is 0 Å². The largest absolute Gasteiger partial charge is 0.387 e. The third-order valence-electron chi connectivity index (χ3n) is 3.22. The Morgan fingerprint density at radius 3 is 2.10 bits per heavy atom. The van der Waals surface area contributed by atoms with Gasteiger partial charge in [0.05, 0.1) is 16.2 Å². The number of rotatable bonds is 4. The van der Waals surface area contributed by atoms with Crippen molar-refractivity contribution in [3.8, 4) is 0 Å². The third-order valence-corrected chi connectivity index (χ3v) is 5.38. The SMILES string of the molecule is CC(C(O)c1ccccc1)S(=O)(=O)c1ccc(F)cc1. The Kier molecular flexibility index (Phi) is 4.20. The van der Waals surface area contributed by atoms with Gasteiger partial charge in [0.25, 0.3) is 0 Å². The molecule has 0 amide bonds. The highest BCUT2D eigenvalue weighted by Crippen LogP contribution is 2.26. The van der Waals surface area contributed by atoms with E-state index in [2.05, 4.69) is 0 Å². The number of benzene rings is 2. The molecule has 1 N–H and O–H groups in total. The van der Waals surface area contributed by atoms with Gasteiger partial charge >= 0.3 is 0 Å². The van der Waals surface area contributed by atoms with Crippen molar-refractivity contribution in [2.24, 2.45) is 0 Å². The molecule has 2 aromatic carbocycles. The molecule has 2 unspecified atom stereocenters. The minimum atomic E-state index is -3.72. The molecule has 0 saturated carbocycles. The van der Waals surface area contributed by atoms with Crippen LogP contribution in [0.1, 0.15) is 18.6 Å². The van der Waals surface area contributed by atoms with Gasteiger partial charge in [-0.3, -0.25) is 0 Å². The molecular formula is C15H15FO3S. The summed E-state index contributed by atoms with van der Waals surface area (Å²) in [5.41, 5.74) is 0.533. The minimum Gasteiger partial charge on any atom is -0.387 e.